The number of anilines is 2. The maximum absolute atomic E-state index is 6.70. The van der Waals surface area contributed by atoms with Gasteiger partial charge >= 0.3 is 0 Å². The zero-order valence-corrected chi connectivity index (χ0v) is 30.9. The van der Waals surface area contributed by atoms with Crippen LogP contribution in [0.1, 0.15) is 18.9 Å². The van der Waals surface area contributed by atoms with E-state index in [4.69, 9.17) is 8.83 Å². The summed E-state index contributed by atoms with van der Waals surface area (Å²) < 4.78 is 13.1. The number of rotatable bonds is 6. The lowest BCUT2D eigenvalue weighted by molar-refractivity contribution is 0.601. The van der Waals surface area contributed by atoms with Gasteiger partial charge in [-0.2, -0.15) is 0 Å². The Balaban J connectivity index is 1.04. The van der Waals surface area contributed by atoms with Gasteiger partial charge in [0.1, 0.15) is 22.3 Å². The van der Waals surface area contributed by atoms with Crippen molar-refractivity contribution in [3.63, 3.8) is 0 Å². The fourth-order valence-corrected chi connectivity index (χ4v) is 8.77. The van der Waals surface area contributed by atoms with Crippen LogP contribution >= 0.6 is 0 Å². The third kappa shape index (κ3) is 5.20. The van der Waals surface area contributed by atoms with Crippen molar-refractivity contribution in [2.24, 2.45) is 0 Å². The van der Waals surface area contributed by atoms with Gasteiger partial charge in [0.15, 0.2) is 0 Å². The first kappa shape index (κ1) is 32.3. The van der Waals surface area contributed by atoms with E-state index < -0.39 is 0 Å². The Kier molecular flexibility index (Phi) is 7.36. The molecule has 266 valence electrons. The van der Waals surface area contributed by atoms with Crippen molar-refractivity contribution in [3.8, 4) is 22.3 Å². The molecule has 0 spiro atoms. The van der Waals surface area contributed by atoms with Gasteiger partial charge in [-0.1, -0.05) is 146 Å². The summed E-state index contributed by atoms with van der Waals surface area (Å²) >= 11 is 0. The number of nitrogens with zero attached hydrogens (tertiary/aromatic N) is 1. The van der Waals surface area contributed by atoms with Gasteiger partial charge < -0.3 is 13.7 Å². The minimum atomic E-state index is -0.262. The molecule has 3 nitrogen and oxygen atoms in total. The quantitative estimate of drug-likeness (QED) is 0.171. The number of benzene rings is 8. The molecule has 1 unspecified atom stereocenters. The molecule has 0 amide bonds. The third-order valence-electron chi connectivity index (χ3n) is 11.7. The van der Waals surface area contributed by atoms with E-state index in [2.05, 4.69) is 200 Å². The molecule has 1 aliphatic carbocycles. The van der Waals surface area contributed by atoms with E-state index in [1.807, 2.05) is 6.07 Å². The zero-order valence-electron chi connectivity index (χ0n) is 30.9. The van der Waals surface area contributed by atoms with Crippen molar-refractivity contribution < 1.29 is 8.83 Å². The molecular formula is C53H37NO2. The Labute approximate surface area is 325 Å². The first-order valence-corrected chi connectivity index (χ1v) is 19.3. The number of para-hydroxylation sites is 1. The number of hydrogen-bond donors (Lipinski definition) is 0. The second-order valence-electron chi connectivity index (χ2n) is 15.1. The monoisotopic (exact) mass is 719 g/mol. The number of hydrogen-bond acceptors (Lipinski definition) is 3. The van der Waals surface area contributed by atoms with E-state index in [1.165, 1.54) is 27.6 Å². The fraction of sp³-hybridized carbons (Fsp3) is 0.0566. The van der Waals surface area contributed by atoms with Crippen LogP contribution in [-0.4, -0.2) is 0 Å². The van der Waals surface area contributed by atoms with Crippen LogP contribution in [0.5, 0.6) is 0 Å². The van der Waals surface area contributed by atoms with Gasteiger partial charge in [0.05, 0.1) is 11.1 Å². The van der Waals surface area contributed by atoms with Gasteiger partial charge in [0.25, 0.3) is 0 Å². The maximum Gasteiger partial charge on any atom is 0.143 e. The molecule has 0 radical (unpaired) electrons. The molecule has 3 heteroatoms. The molecule has 0 bridgehead atoms. The van der Waals surface area contributed by atoms with E-state index >= 15 is 0 Å². The van der Waals surface area contributed by atoms with Gasteiger partial charge in [-0.3, -0.25) is 0 Å². The van der Waals surface area contributed by atoms with Crippen molar-refractivity contribution in [1.82, 2.24) is 0 Å². The summed E-state index contributed by atoms with van der Waals surface area (Å²) in [5, 5.41) is 6.86. The molecule has 2 aromatic heterocycles. The van der Waals surface area contributed by atoms with E-state index in [-0.39, 0.29) is 5.41 Å². The molecule has 8 aromatic carbocycles. The van der Waals surface area contributed by atoms with Crippen molar-refractivity contribution in [3.05, 3.63) is 205 Å². The molecule has 1 aliphatic rings. The molecule has 0 N–H and O–H groups in total. The Bertz CT molecular complexity index is 3170. The normalized spacial score (nSPS) is 15.6. The lowest BCUT2D eigenvalue weighted by Crippen LogP contribution is -2.24. The molecular weight excluding hydrogens is 683 g/mol. The van der Waals surface area contributed by atoms with Crippen LogP contribution in [0.2, 0.25) is 0 Å². The topological polar surface area (TPSA) is 29.5 Å². The second-order valence-corrected chi connectivity index (χ2v) is 15.1. The molecule has 0 saturated heterocycles. The van der Waals surface area contributed by atoms with Crippen LogP contribution in [0.25, 0.3) is 76.9 Å². The van der Waals surface area contributed by atoms with Gasteiger partial charge in [0.2, 0.25) is 0 Å². The summed E-state index contributed by atoms with van der Waals surface area (Å²) in [5.74, 6) is 0. The number of furan rings is 2. The number of fused-ring (bicyclic) bond motifs is 8. The summed E-state index contributed by atoms with van der Waals surface area (Å²) in [6, 6.07) is 62.4. The summed E-state index contributed by atoms with van der Waals surface area (Å²) in [6.07, 6.45) is 7.95. The van der Waals surface area contributed by atoms with Crippen LogP contribution in [0.3, 0.4) is 0 Å². The first-order valence-electron chi connectivity index (χ1n) is 19.3. The Morgan fingerprint density at radius 3 is 1.88 bits per heavy atom. The van der Waals surface area contributed by atoms with E-state index in [9.17, 15) is 0 Å². The van der Waals surface area contributed by atoms with Gasteiger partial charge in [-0.25, -0.2) is 0 Å². The van der Waals surface area contributed by atoms with E-state index in [1.54, 1.807) is 0 Å². The Morgan fingerprint density at radius 1 is 0.482 bits per heavy atom. The van der Waals surface area contributed by atoms with Crippen LogP contribution < -0.4 is 4.90 Å². The highest BCUT2D eigenvalue weighted by molar-refractivity contribution is 6.17. The molecule has 10 aromatic rings. The fourth-order valence-electron chi connectivity index (χ4n) is 8.77. The highest BCUT2D eigenvalue weighted by Crippen LogP contribution is 2.46. The van der Waals surface area contributed by atoms with Crippen molar-refractivity contribution in [2.75, 3.05) is 4.90 Å². The summed E-state index contributed by atoms with van der Waals surface area (Å²) in [6.45, 7) is 2.36. The van der Waals surface area contributed by atoms with Crippen LogP contribution in [0.15, 0.2) is 209 Å². The van der Waals surface area contributed by atoms with Crippen LogP contribution in [0.4, 0.5) is 11.4 Å². The third-order valence-corrected chi connectivity index (χ3v) is 11.7. The summed E-state index contributed by atoms with van der Waals surface area (Å²) in [7, 11) is 0. The minimum Gasteiger partial charge on any atom is -0.456 e. The van der Waals surface area contributed by atoms with Gasteiger partial charge in [-0.15, -0.1) is 0 Å². The molecule has 1 atom stereocenters. The first-order chi connectivity index (χ1) is 27.6. The van der Waals surface area contributed by atoms with E-state index in [0.717, 1.165) is 78.3 Å². The van der Waals surface area contributed by atoms with Crippen LogP contribution in [0, 0.1) is 0 Å². The Morgan fingerprint density at radius 2 is 1.12 bits per heavy atom. The standard InChI is InChI=1S/C53H37NO2/c1-53(46-34-45-42-28-25-38(36-15-6-3-7-16-36)33-50(42)56-52(45)43-18-9-8-17-41(43)46)31-29-40(30-32-53)54(39-26-23-37(24-27-39)35-13-4-2-5-14-35)47-20-12-22-49-51(47)44-19-10-11-21-48(44)55-49/h2-31,33-34H,32H2,1H3. The molecule has 0 fully saturated rings. The van der Waals surface area contributed by atoms with Gasteiger partial charge in [-0.05, 0) is 94.2 Å². The molecule has 0 saturated carbocycles. The van der Waals surface area contributed by atoms with Gasteiger partial charge in [0, 0.05) is 38.3 Å². The Hall–Kier alpha value is -7.10. The zero-order chi connectivity index (χ0) is 37.2. The predicted molar refractivity (Wildman–Crippen MR) is 234 cm³/mol. The average Bonchev–Trinajstić information content (AvgIpc) is 3.84. The van der Waals surface area contributed by atoms with Crippen molar-refractivity contribution >= 4 is 66.0 Å². The molecule has 2 heterocycles. The smallest absolute Gasteiger partial charge is 0.143 e. The van der Waals surface area contributed by atoms with Crippen molar-refractivity contribution in [1.29, 1.82) is 0 Å². The van der Waals surface area contributed by atoms with Crippen molar-refractivity contribution in [2.45, 2.75) is 18.8 Å². The predicted octanol–water partition coefficient (Wildman–Crippen LogP) is 14.9. The highest BCUT2D eigenvalue weighted by Gasteiger charge is 2.31. The lowest BCUT2D eigenvalue weighted by atomic mass is 9.74. The molecule has 56 heavy (non-hydrogen) atoms. The average molecular weight is 720 g/mol. The largest absolute Gasteiger partial charge is 0.456 e. The summed E-state index contributed by atoms with van der Waals surface area (Å²) in [5.41, 5.74) is 12.7. The lowest BCUT2D eigenvalue weighted by Gasteiger charge is -2.34. The highest BCUT2D eigenvalue weighted by atomic mass is 16.3. The maximum atomic E-state index is 6.70. The van der Waals surface area contributed by atoms with E-state index in [0.29, 0.717) is 0 Å². The second kappa shape index (κ2) is 12.8. The SMILES string of the molecule is CC1(c2cc3c4ccc(-c5ccccc5)cc4oc3c3ccccc23)C=CC(N(c2ccc(-c3ccccc3)cc2)c2cccc3oc4ccccc4c23)=CC1. The minimum absolute atomic E-state index is 0.262. The number of allylic oxidation sites excluding steroid dienone is 3. The molecule has 11 rings (SSSR count). The van der Waals surface area contributed by atoms with Crippen LogP contribution in [-0.2, 0) is 5.41 Å². The summed E-state index contributed by atoms with van der Waals surface area (Å²) in [4.78, 5) is 2.39. The molecule has 0 aliphatic heterocycles.